The van der Waals surface area contributed by atoms with Crippen molar-refractivity contribution in [1.82, 2.24) is 14.9 Å². The Labute approximate surface area is 86.7 Å². The number of amides is 1. The smallest absolute Gasteiger partial charge is 0.276 e. The second kappa shape index (κ2) is 3.82. The first-order valence-corrected chi connectivity index (χ1v) is 4.72. The molecule has 1 unspecified atom stereocenters. The molecule has 80 valence electrons. The zero-order chi connectivity index (χ0) is 10.8. The Balaban J connectivity index is 2.18. The summed E-state index contributed by atoms with van der Waals surface area (Å²) >= 11 is 0. The number of aromatic nitrogens is 2. The molecule has 0 bridgehead atoms. The van der Waals surface area contributed by atoms with Crippen molar-refractivity contribution in [1.29, 1.82) is 0 Å². The average Bonchev–Trinajstić information content (AvgIpc) is 2.65. The molecule has 0 aliphatic carbocycles. The highest BCUT2D eigenvalue weighted by Gasteiger charge is 2.27. The van der Waals surface area contributed by atoms with Gasteiger partial charge in [0, 0.05) is 25.5 Å². The van der Waals surface area contributed by atoms with E-state index in [0.29, 0.717) is 19.5 Å². The minimum atomic E-state index is -0.438. The summed E-state index contributed by atoms with van der Waals surface area (Å²) in [6, 6.07) is 0. The zero-order valence-corrected chi connectivity index (χ0v) is 8.13. The van der Waals surface area contributed by atoms with Crippen molar-refractivity contribution in [2.24, 2.45) is 0 Å². The van der Waals surface area contributed by atoms with E-state index in [4.69, 9.17) is 5.73 Å². The summed E-state index contributed by atoms with van der Waals surface area (Å²) in [5.74, 6) is -0.138. The van der Waals surface area contributed by atoms with Crippen molar-refractivity contribution in [3.8, 4) is 0 Å². The number of hydrogen-bond acceptors (Lipinski definition) is 5. The van der Waals surface area contributed by atoms with E-state index < -0.39 is 6.10 Å². The second-order valence-corrected chi connectivity index (χ2v) is 3.48. The molecule has 0 aromatic carbocycles. The van der Waals surface area contributed by atoms with Crippen LogP contribution in [0.5, 0.6) is 0 Å². The molecule has 1 atom stereocenters. The Morgan fingerprint density at radius 1 is 1.53 bits per heavy atom. The van der Waals surface area contributed by atoms with Crippen LogP contribution in [-0.4, -0.2) is 45.1 Å². The van der Waals surface area contributed by atoms with Crippen molar-refractivity contribution >= 4 is 11.7 Å². The predicted molar refractivity (Wildman–Crippen MR) is 53.0 cm³/mol. The third-order valence-electron chi connectivity index (χ3n) is 2.38. The second-order valence-electron chi connectivity index (χ2n) is 3.48. The molecule has 2 heterocycles. The van der Waals surface area contributed by atoms with Gasteiger partial charge in [-0.05, 0) is 6.42 Å². The fourth-order valence-electron chi connectivity index (χ4n) is 1.59. The highest BCUT2D eigenvalue weighted by Crippen LogP contribution is 2.14. The fourth-order valence-corrected chi connectivity index (χ4v) is 1.59. The van der Waals surface area contributed by atoms with E-state index in [1.165, 1.54) is 17.3 Å². The molecule has 6 nitrogen and oxygen atoms in total. The van der Waals surface area contributed by atoms with Gasteiger partial charge in [0.1, 0.15) is 0 Å². The maximum Gasteiger partial charge on any atom is 0.276 e. The zero-order valence-electron chi connectivity index (χ0n) is 8.13. The molecule has 1 aliphatic heterocycles. The van der Waals surface area contributed by atoms with Crippen molar-refractivity contribution in [3.63, 3.8) is 0 Å². The summed E-state index contributed by atoms with van der Waals surface area (Å²) in [7, 11) is 0. The van der Waals surface area contributed by atoms with Crippen molar-refractivity contribution < 1.29 is 9.90 Å². The fraction of sp³-hybridized carbons (Fsp3) is 0.444. The van der Waals surface area contributed by atoms with E-state index in [2.05, 4.69) is 9.97 Å². The Bertz CT molecular complexity index is 382. The Morgan fingerprint density at radius 2 is 2.27 bits per heavy atom. The number of nitrogen functional groups attached to an aromatic ring is 1. The minimum Gasteiger partial charge on any atom is -0.391 e. The van der Waals surface area contributed by atoms with E-state index in [0.717, 1.165) is 0 Å². The van der Waals surface area contributed by atoms with Gasteiger partial charge in [0.15, 0.2) is 11.5 Å². The van der Waals surface area contributed by atoms with Crippen LogP contribution < -0.4 is 5.73 Å². The van der Waals surface area contributed by atoms with Gasteiger partial charge in [-0.1, -0.05) is 0 Å². The van der Waals surface area contributed by atoms with Crippen LogP contribution in [0, 0.1) is 0 Å². The van der Waals surface area contributed by atoms with Gasteiger partial charge in [0.25, 0.3) is 5.91 Å². The third-order valence-corrected chi connectivity index (χ3v) is 2.38. The van der Waals surface area contributed by atoms with Crippen LogP contribution in [-0.2, 0) is 0 Å². The van der Waals surface area contributed by atoms with Gasteiger partial charge >= 0.3 is 0 Å². The van der Waals surface area contributed by atoms with Gasteiger partial charge in [-0.15, -0.1) is 0 Å². The first-order chi connectivity index (χ1) is 7.18. The van der Waals surface area contributed by atoms with Gasteiger partial charge in [0.05, 0.1) is 6.10 Å². The lowest BCUT2D eigenvalue weighted by Gasteiger charge is -2.15. The van der Waals surface area contributed by atoms with E-state index in [1.54, 1.807) is 0 Å². The summed E-state index contributed by atoms with van der Waals surface area (Å²) in [4.78, 5) is 21.1. The van der Waals surface area contributed by atoms with E-state index >= 15 is 0 Å². The number of aliphatic hydroxyl groups excluding tert-OH is 1. The van der Waals surface area contributed by atoms with Crippen LogP contribution in [0.3, 0.4) is 0 Å². The van der Waals surface area contributed by atoms with Crippen LogP contribution in [0.25, 0.3) is 0 Å². The summed E-state index contributed by atoms with van der Waals surface area (Å²) in [6.45, 7) is 0.880. The SMILES string of the molecule is Nc1nccnc1C(=O)N1CCC(O)C1. The maximum atomic E-state index is 11.8. The molecular formula is C9H12N4O2. The molecule has 0 spiro atoms. The van der Waals surface area contributed by atoms with Crippen LogP contribution in [0.1, 0.15) is 16.9 Å². The van der Waals surface area contributed by atoms with Crippen LogP contribution in [0.15, 0.2) is 12.4 Å². The highest BCUT2D eigenvalue weighted by molar-refractivity contribution is 5.96. The quantitative estimate of drug-likeness (QED) is 0.634. The molecule has 1 aliphatic rings. The minimum absolute atomic E-state index is 0.129. The van der Waals surface area contributed by atoms with Crippen molar-refractivity contribution in [2.75, 3.05) is 18.8 Å². The van der Waals surface area contributed by atoms with Crippen molar-refractivity contribution in [2.45, 2.75) is 12.5 Å². The molecule has 15 heavy (non-hydrogen) atoms. The first kappa shape index (κ1) is 9.85. The van der Waals surface area contributed by atoms with E-state index in [1.807, 2.05) is 0 Å². The number of nitrogens with zero attached hydrogens (tertiary/aromatic N) is 3. The number of hydrogen-bond donors (Lipinski definition) is 2. The third kappa shape index (κ3) is 1.89. The molecule has 1 aromatic heterocycles. The molecule has 1 saturated heterocycles. The molecule has 1 amide bonds. The predicted octanol–water partition coefficient (Wildman–Crippen LogP) is -0.734. The summed E-state index contributed by atoms with van der Waals surface area (Å²) in [6.07, 6.45) is 3.03. The standard InChI is InChI=1S/C9H12N4O2/c10-8-7(11-2-3-12-8)9(15)13-4-1-6(14)5-13/h2-3,6,14H,1,4-5H2,(H2,10,12). The lowest BCUT2D eigenvalue weighted by Crippen LogP contribution is -2.31. The summed E-state index contributed by atoms with van der Waals surface area (Å²) in [5, 5.41) is 9.30. The number of β-amino-alcohol motifs (C(OH)–C–C–N with tert-alkyl or cyclic N) is 1. The van der Waals surface area contributed by atoms with E-state index in [9.17, 15) is 9.90 Å². The molecule has 6 heteroatoms. The number of carbonyl (C=O) groups excluding carboxylic acids is 1. The molecule has 0 saturated carbocycles. The molecular weight excluding hydrogens is 196 g/mol. The normalized spacial score (nSPS) is 20.6. The van der Waals surface area contributed by atoms with Crippen LogP contribution in [0.4, 0.5) is 5.82 Å². The number of likely N-dealkylation sites (tertiary alicyclic amines) is 1. The van der Waals surface area contributed by atoms with Crippen LogP contribution in [0.2, 0.25) is 0 Å². The Hall–Kier alpha value is -1.69. The first-order valence-electron chi connectivity index (χ1n) is 4.72. The molecule has 2 rings (SSSR count). The molecule has 3 N–H and O–H groups in total. The number of rotatable bonds is 1. The number of anilines is 1. The highest BCUT2D eigenvalue weighted by atomic mass is 16.3. The number of nitrogens with two attached hydrogens (primary N) is 1. The summed E-state index contributed by atoms with van der Waals surface area (Å²) in [5.41, 5.74) is 5.70. The van der Waals surface area contributed by atoms with Gasteiger partial charge in [-0.2, -0.15) is 0 Å². The molecule has 0 radical (unpaired) electrons. The molecule has 1 aromatic rings. The van der Waals surface area contributed by atoms with Gasteiger partial charge < -0.3 is 15.7 Å². The Morgan fingerprint density at radius 3 is 2.87 bits per heavy atom. The summed E-state index contributed by atoms with van der Waals surface area (Å²) < 4.78 is 0. The van der Waals surface area contributed by atoms with Gasteiger partial charge in [-0.3, -0.25) is 4.79 Å². The monoisotopic (exact) mass is 208 g/mol. The lowest BCUT2D eigenvalue weighted by atomic mass is 10.3. The lowest BCUT2D eigenvalue weighted by molar-refractivity contribution is 0.0760. The topological polar surface area (TPSA) is 92.3 Å². The van der Waals surface area contributed by atoms with Crippen molar-refractivity contribution in [3.05, 3.63) is 18.1 Å². The Kier molecular flexibility index (Phi) is 2.51. The molecule has 1 fully saturated rings. The average molecular weight is 208 g/mol. The largest absolute Gasteiger partial charge is 0.391 e. The van der Waals surface area contributed by atoms with Crippen LogP contribution >= 0.6 is 0 Å². The van der Waals surface area contributed by atoms with Gasteiger partial charge in [-0.25, -0.2) is 9.97 Å². The number of carbonyl (C=O) groups is 1. The van der Waals surface area contributed by atoms with Gasteiger partial charge in [0.2, 0.25) is 0 Å². The maximum absolute atomic E-state index is 11.8. The van der Waals surface area contributed by atoms with E-state index in [-0.39, 0.29) is 17.4 Å². The number of aliphatic hydroxyl groups is 1.